The minimum atomic E-state index is -0.685. The lowest BCUT2D eigenvalue weighted by Gasteiger charge is -1.93. The molecule has 0 bridgehead atoms. The fraction of sp³-hybridized carbons (Fsp3) is 0.400. The van der Waals surface area contributed by atoms with Gasteiger partial charge in [0.2, 0.25) is 5.83 Å². The number of nitriles is 1. The summed E-state index contributed by atoms with van der Waals surface area (Å²) in [4.78, 5) is 0. The molecule has 0 radical (unpaired) electrons. The maximum absolute atomic E-state index is 12.3. The van der Waals surface area contributed by atoms with Gasteiger partial charge in [0.15, 0.2) is 0 Å². The maximum Gasteiger partial charge on any atom is 0.219 e. The van der Waals surface area contributed by atoms with Gasteiger partial charge in [-0.3, -0.25) is 0 Å². The van der Waals surface area contributed by atoms with Gasteiger partial charge in [-0.2, -0.15) is 9.65 Å². The summed E-state index contributed by atoms with van der Waals surface area (Å²) >= 11 is 2.50. The molecule has 0 saturated carbocycles. The highest BCUT2D eigenvalue weighted by molar-refractivity contribution is 8.21. The average molecular weight is 163 g/mol. The molecule has 0 aromatic carbocycles. The first-order chi connectivity index (χ1) is 4.26. The van der Waals surface area contributed by atoms with Gasteiger partial charge in [0, 0.05) is 0 Å². The number of halogens is 1. The zero-order valence-corrected chi connectivity index (χ0v) is 6.77. The zero-order chi connectivity index (χ0) is 7.28. The maximum atomic E-state index is 12.3. The van der Waals surface area contributed by atoms with Crippen molar-refractivity contribution >= 4 is 23.5 Å². The predicted octanol–water partition coefficient (Wildman–Crippen LogP) is 2.37. The molecule has 0 rings (SSSR count). The molecule has 9 heavy (non-hydrogen) atoms. The number of allylic oxidation sites excluding steroid dienone is 1. The molecule has 0 aromatic rings. The Balaban J connectivity index is 4.23. The van der Waals surface area contributed by atoms with Crippen LogP contribution in [0, 0.1) is 11.3 Å². The molecule has 0 saturated heterocycles. The summed E-state index contributed by atoms with van der Waals surface area (Å²) in [5.41, 5.74) is 0. The van der Waals surface area contributed by atoms with Crippen molar-refractivity contribution < 1.29 is 4.39 Å². The van der Waals surface area contributed by atoms with E-state index in [1.165, 1.54) is 29.6 Å². The summed E-state index contributed by atoms with van der Waals surface area (Å²) in [5, 5.41) is 8.06. The lowest BCUT2D eigenvalue weighted by Crippen LogP contribution is -1.71. The molecular weight excluding hydrogens is 157 g/mol. The van der Waals surface area contributed by atoms with E-state index in [9.17, 15) is 4.39 Å². The second kappa shape index (κ2) is 4.71. The summed E-state index contributed by atoms with van der Waals surface area (Å²) in [5.74, 6) is -0.685. The van der Waals surface area contributed by atoms with E-state index >= 15 is 0 Å². The van der Waals surface area contributed by atoms with Crippen LogP contribution in [-0.4, -0.2) is 12.5 Å². The molecule has 0 aliphatic rings. The van der Waals surface area contributed by atoms with Gasteiger partial charge in [0.1, 0.15) is 6.07 Å². The molecule has 0 aliphatic heterocycles. The fourth-order valence-corrected chi connectivity index (χ4v) is 1.42. The van der Waals surface area contributed by atoms with Crippen LogP contribution in [0.5, 0.6) is 0 Å². The lowest BCUT2D eigenvalue weighted by molar-refractivity contribution is 0.673. The summed E-state index contributed by atoms with van der Waals surface area (Å²) in [7, 11) is 0. The third-order valence-corrected chi connectivity index (χ3v) is 2.75. The van der Waals surface area contributed by atoms with Crippen LogP contribution in [0.4, 0.5) is 4.39 Å². The second-order valence-electron chi connectivity index (χ2n) is 1.12. The Hall–Kier alpha value is -0.140. The highest BCUT2D eigenvalue weighted by Gasteiger charge is 2.00. The van der Waals surface area contributed by atoms with Gasteiger partial charge >= 0.3 is 0 Å². The molecule has 0 amide bonds. The molecule has 0 N–H and O–H groups in total. The molecule has 0 heterocycles. The van der Waals surface area contributed by atoms with Gasteiger partial charge in [-0.25, -0.2) is 0 Å². The van der Waals surface area contributed by atoms with Crippen molar-refractivity contribution in [3.8, 4) is 6.07 Å². The van der Waals surface area contributed by atoms with Crippen molar-refractivity contribution in [2.75, 3.05) is 12.5 Å². The van der Waals surface area contributed by atoms with E-state index in [4.69, 9.17) is 5.26 Å². The van der Waals surface area contributed by atoms with Crippen LogP contribution in [0.3, 0.4) is 0 Å². The minimum absolute atomic E-state index is 0.442. The number of hydrogen-bond donors (Lipinski definition) is 0. The Kier molecular flexibility index (Phi) is 4.64. The molecule has 50 valence electrons. The normalized spacial score (nSPS) is 8.22. The molecule has 1 nitrogen and oxygen atoms in total. The third-order valence-electron chi connectivity index (χ3n) is 0.648. The van der Waals surface area contributed by atoms with Gasteiger partial charge < -0.3 is 0 Å². The first-order valence-electron chi connectivity index (χ1n) is 2.14. The minimum Gasteiger partial charge on any atom is -0.193 e. The van der Waals surface area contributed by atoms with Crippen LogP contribution in [0.25, 0.3) is 0 Å². The van der Waals surface area contributed by atoms with E-state index in [0.29, 0.717) is 4.24 Å². The second-order valence-corrected chi connectivity index (χ2v) is 3.01. The van der Waals surface area contributed by atoms with Crippen LogP contribution >= 0.6 is 23.5 Å². The van der Waals surface area contributed by atoms with Crippen LogP contribution in [0.15, 0.2) is 10.1 Å². The molecular formula is C5H6FNS2. The predicted molar refractivity (Wildman–Crippen MR) is 40.8 cm³/mol. The van der Waals surface area contributed by atoms with E-state index in [-0.39, 0.29) is 0 Å². The van der Waals surface area contributed by atoms with Crippen LogP contribution in [0.1, 0.15) is 0 Å². The van der Waals surface area contributed by atoms with E-state index in [1.54, 1.807) is 12.5 Å². The van der Waals surface area contributed by atoms with Gasteiger partial charge in [-0.1, -0.05) is 0 Å². The first-order valence-corrected chi connectivity index (χ1v) is 4.59. The molecule has 4 heteroatoms. The van der Waals surface area contributed by atoms with Gasteiger partial charge in [-0.05, 0) is 12.5 Å². The van der Waals surface area contributed by atoms with Crippen molar-refractivity contribution in [2.45, 2.75) is 0 Å². The molecule has 0 unspecified atom stereocenters. The van der Waals surface area contributed by atoms with E-state index < -0.39 is 5.83 Å². The highest BCUT2D eigenvalue weighted by Crippen LogP contribution is 2.27. The molecule has 0 spiro atoms. The van der Waals surface area contributed by atoms with Gasteiger partial charge in [0.25, 0.3) is 0 Å². The Labute approximate surface area is 62.3 Å². The Morgan fingerprint density at radius 3 is 2.00 bits per heavy atom. The van der Waals surface area contributed by atoms with Crippen LogP contribution in [-0.2, 0) is 0 Å². The van der Waals surface area contributed by atoms with Crippen molar-refractivity contribution in [1.82, 2.24) is 0 Å². The topological polar surface area (TPSA) is 23.8 Å². The standard InChI is InChI=1S/C5H6FNS2/c1-8-5(9-2)4(6)3-7/h1-2H3. The number of rotatable bonds is 2. The summed E-state index contributed by atoms with van der Waals surface area (Å²) in [6.07, 6.45) is 3.48. The van der Waals surface area contributed by atoms with Crippen LogP contribution in [0.2, 0.25) is 0 Å². The largest absolute Gasteiger partial charge is 0.219 e. The SMILES string of the molecule is CSC(SC)=C(F)C#N. The summed E-state index contributed by atoms with van der Waals surface area (Å²) < 4.78 is 12.7. The highest BCUT2D eigenvalue weighted by atomic mass is 32.2. The smallest absolute Gasteiger partial charge is 0.193 e. The van der Waals surface area contributed by atoms with Crippen molar-refractivity contribution in [3.05, 3.63) is 10.1 Å². The van der Waals surface area contributed by atoms with E-state index in [1.807, 2.05) is 0 Å². The van der Waals surface area contributed by atoms with Gasteiger partial charge in [-0.15, -0.1) is 23.5 Å². The van der Waals surface area contributed by atoms with Crippen molar-refractivity contribution in [2.24, 2.45) is 0 Å². The molecule has 0 atom stereocenters. The Bertz CT molecular complexity index is 153. The number of hydrogen-bond acceptors (Lipinski definition) is 3. The van der Waals surface area contributed by atoms with Crippen LogP contribution < -0.4 is 0 Å². The first kappa shape index (κ1) is 8.86. The van der Waals surface area contributed by atoms with E-state index in [2.05, 4.69) is 0 Å². The Morgan fingerprint density at radius 1 is 1.44 bits per heavy atom. The summed E-state index contributed by atoms with van der Waals surface area (Å²) in [6, 6.07) is 1.44. The molecule has 0 aromatic heterocycles. The van der Waals surface area contributed by atoms with Gasteiger partial charge in [0.05, 0.1) is 4.24 Å². The fourth-order valence-electron chi connectivity index (χ4n) is 0.308. The monoisotopic (exact) mass is 163 g/mol. The third kappa shape index (κ3) is 2.78. The molecule has 0 aliphatic carbocycles. The lowest BCUT2D eigenvalue weighted by atomic mass is 10.7. The zero-order valence-electron chi connectivity index (χ0n) is 5.14. The van der Waals surface area contributed by atoms with Crippen molar-refractivity contribution in [1.29, 1.82) is 5.26 Å². The van der Waals surface area contributed by atoms with Crippen molar-refractivity contribution in [3.63, 3.8) is 0 Å². The molecule has 0 fully saturated rings. The Morgan fingerprint density at radius 2 is 1.89 bits per heavy atom. The average Bonchev–Trinajstić information content (AvgIpc) is 1.90. The quantitative estimate of drug-likeness (QED) is 0.584. The van der Waals surface area contributed by atoms with E-state index in [0.717, 1.165) is 0 Å². The number of nitrogens with zero attached hydrogens (tertiary/aromatic N) is 1. The summed E-state index contributed by atoms with van der Waals surface area (Å²) in [6.45, 7) is 0. The number of thioether (sulfide) groups is 2.